The molecule has 1 aromatic heterocycles. The molecule has 1 saturated carbocycles. The summed E-state index contributed by atoms with van der Waals surface area (Å²) >= 11 is 7.96. The first-order chi connectivity index (χ1) is 15.5. The number of aromatic nitrogens is 3. The fourth-order valence-corrected chi connectivity index (χ4v) is 5.27. The van der Waals surface area contributed by atoms with Crippen molar-refractivity contribution in [1.82, 2.24) is 20.1 Å². The Balaban J connectivity index is 1.58. The van der Waals surface area contributed by atoms with Gasteiger partial charge in [-0.3, -0.25) is 9.36 Å². The Morgan fingerprint density at radius 2 is 1.94 bits per heavy atom. The van der Waals surface area contributed by atoms with E-state index < -0.39 is 0 Å². The van der Waals surface area contributed by atoms with Crippen LogP contribution >= 0.6 is 23.4 Å². The van der Waals surface area contributed by atoms with Crippen LogP contribution in [0.1, 0.15) is 54.6 Å². The number of rotatable bonds is 7. The predicted molar refractivity (Wildman–Crippen MR) is 130 cm³/mol. The first kappa shape index (κ1) is 22.9. The second kappa shape index (κ2) is 10.5. The number of hydrogen-bond donors (Lipinski definition) is 1. The van der Waals surface area contributed by atoms with Gasteiger partial charge in [0, 0.05) is 16.7 Å². The SMILES string of the molecule is Cc1cccc(CSc2nnc(CNC(=O)C3CCCCC3)n2-c2cc(Cl)ccc2C)c1. The lowest BCUT2D eigenvalue weighted by molar-refractivity contribution is -0.126. The summed E-state index contributed by atoms with van der Waals surface area (Å²) in [6.45, 7) is 4.49. The van der Waals surface area contributed by atoms with Crippen molar-refractivity contribution in [1.29, 1.82) is 0 Å². The normalized spacial score (nSPS) is 14.5. The number of benzene rings is 2. The largest absolute Gasteiger partial charge is 0.349 e. The van der Waals surface area contributed by atoms with E-state index in [1.54, 1.807) is 11.8 Å². The van der Waals surface area contributed by atoms with Gasteiger partial charge in [0.25, 0.3) is 0 Å². The highest BCUT2D eigenvalue weighted by molar-refractivity contribution is 7.98. The standard InChI is InChI=1S/C25H29ClN4OS/c1-17-7-6-8-19(13-17)16-32-25-29-28-23(15-27-24(31)20-9-4-3-5-10-20)30(25)22-14-21(26)12-11-18(22)2/h6-8,11-14,20H,3-5,9-10,15-16H2,1-2H3,(H,27,31). The summed E-state index contributed by atoms with van der Waals surface area (Å²) in [7, 11) is 0. The number of carbonyl (C=O) groups is 1. The average molecular weight is 469 g/mol. The van der Waals surface area contributed by atoms with Crippen molar-refractivity contribution in [3.05, 3.63) is 70.0 Å². The van der Waals surface area contributed by atoms with Crippen LogP contribution in [0.3, 0.4) is 0 Å². The van der Waals surface area contributed by atoms with E-state index in [1.165, 1.54) is 17.5 Å². The van der Waals surface area contributed by atoms with Crippen LogP contribution in [0.25, 0.3) is 5.69 Å². The van der Waals surface area contributed by atoms with Gasteiger partial charge in [-0.25, -0.2) is 0 Å². The van der Waals surface area contributed by atoms with E-state index in [1.807, 2.05) is 29.7 Å². The zero-order valence-corrected chi connectivity index (χ0v) is 20.2. The summed E-state index contributed by atoms with van der Waals surface area (Å²) in [6, 6.07) is 14.3. The third-order valence-corrected chi connectivity index (χ3v) is 7.19. The molecular formula is C25H29ClN4OS. The molecule has 0 unspecified atom stereocenters. The monoisotopic (exact) mass is 468 g/mol. The molecule has 0 bridgehead atoms. The highest BCUT2D eigenvalue weighted by Crippen LogP contribution is 2.29. The van der Waals surface area contributed by atoms with Gasteiger partial charge < -0.3 is 5.32 Å². The van der Waals surface area contributed by atoms with Crippen LogP contribution in [-0.2, 0) is 17.1 Å². The van der Waals surface area contributed by atoms with Crippen molar-refractivity contribution in [3.63, 3.8) is 0 Å². The Kier molecular flexibility index (Phi) is 7.53. The Morgan fingerprint density at radius 1 is 1.12 bits per heavy atom. The van der Waals surface area contributed by atoms with Crippen LogP contribution in [0.4, 0.5) is 0 Å². The molecule has 3 aromatic rings. The van der Waals surface area contributed by atoms with Crippen LogP contribution in [0.15, 0.2) is 47.6 Å². The number of hydrogen-bond acceptors (Lipinski definition) is 4. The van der Waals surface area contributed by atoms with E-state index in [-0.39, 0.29) is 11.8 Å². The number of nitrogens with zero attached hydrogens (tertiary/aromatic N) is 3. The van der Waals surface area contributed by atoms with E-state index in [2.05, 4.69) is 46.7 Å². The highest BCUT2D eigenvalue weighted by Gasteiger charge is 2.22. The second-order valence-electron chi connectivity index (χ2n) is 8.50. The lowest BCUT2D eigenvalue weighted by Crippen LogP contribution is -2.32. The third kappa shape index (κ3) is 5.54. The molecule has 1 heterocycles. The second-order valence-corrected chi connectivity index (χ2v) is 9.87. The number of aryl methyl sites for hydroxylation is 2. The van der Waals surface area contributed by atoms with Gasteiger partial charge in [0.15, 0.2) is 11.0 Å². The van der Waals surface area contributed by atoms with Crippen LogP contribution in [-0.4, -0.2) is 20.7 Å². The maximum Gasteiger partial charge on any atom is 0.223 e. The summed E-state index contributed by atoms with van der Waals surface area (Å²) < 4.78 is 2.03. The molecule has 168 valence electrons. The summed E-state index contributed by atoms with van der Waals surface area (Å²) in [4.78, 5) is 12.7. The lowest BCUT2D eigenvalue weighted by atomic mass is 9.89. The molecule has 1 fully saturated rings. The van der Waals surface area contributed by atoms with Crippen LogP contribution < -0.4 is 5.32 Å². The summed E-state index contributed by atoms with van der Waals surface area (Å²) in [5, 5.41) is 13.5. The van der Waals surface area contributed by atoms with Gasteiger partial charge in [0.2, 0.25) is 5.91 Å². The molecule has 1 amide bonds. The molecule has 2 aromatic carbocycles. The molecule has 0 aliphatic heterocycles. The minimum absolute atomic E-state index is 0.114. The third-order valence-electron chi connectivity index (χ3n) is 5.96. The molecular weight excluding hydrogens is 440 g/mol. The minimum Gasteiger partial charge on any atom is -0.349 e. The van der Waals surface area contributed by atoms with Gasteiger partial charge in [0.05, 0.1) is 12.2 Å². The smallest absolute Gasteiger partial charge is 0.223 e. The molecule has 0 saturated heterocycles. The fraction of sp³-hybridized carbons (Fsp3) is 0.400. The van der Waals surface area contributed by atoms with Crippen LogP contribution in [0.5, 0.6) is 0 Å². The van der Waals surface area contributed by atoms with Gasteiger partial charge in [0.1, 0.15) is 0 Å². The molecule has 5 nitrogen and oxygen atoms in total. The maximum atomic E-state index is 12.7. The van der Waals surface area contributed by atoms with Crippen LogP contribution in [0, 0.1) is 19.8 Å². The molecule has 0 spiro atoms. The molecule has 1 aliphatic rings. The predicted octanol–water partition coefficient (Wildman–Crippen LogP) is 6.03. The Labute approximate surface area is 199 Å². The van der Waals surface area contributed by atoms with Gasteiger partial charge in [-0.1, -0.05) is 78.5 Å². The van der Waals surface area contributed by atoms with Crippen molar-refractivity contribution in [2.24, 2.45) is 5.92 Å². The quantitative estimate of drug-likeness (QED) is 0.430. The van der Waals surface area contributed by atoms with E-state index in [9.17, 15) is 4.79 Å². The van der Waals surface area contributed by atoms with Crippen molar-refractivity contribution in [3.8, 4) is 5.69 Å². The minimum atomic E-state index is 0.114. The first-order valence-corrected chi connectivity index (χ1v) is 12.5. The molecule has 4 rings (SSSR count). The van der Waals surface area contributed by atoms with Crippen molar-refractivity contribution < 1.29 is 4.79 Å². The zero-order valence-electron chi connectivity index (χ0n) is 18.6. The van der Waals surface area contributed by atoms with Gasteiger partial charge in [-0.05, 0) is 49.9 Å². The topological polar surface area (TPSA) is 59.8 Å². The Morgan fingerprint density at radius 3 is 2.72 bits per heavy atom. The van der Waals surface area contributed by atoms with Gasteiger partial charge >= 0.3 is 0 Å². The van der Waals surface area contributed by atoms with E-state index >= 15 is 0 Å². The van der Waals surface area contributed by atoms with Gasteiger partial charge in [-0.2, -0.15) is 0 Å². The molecule has 32 heavy (non-hydrogen) atoms. The van der Waals surface area contributed by atoms with Crippen LogP contribution in [0.2, 0.25) is 5.02 Å². The number of halogens is 1. The van der Waals surface area contributed by atoms with Gasteiger partial charge in [-0.15, -0.1) is 10.2 Å². The zero-order chi connectivity index (χ0) is 22.5. The highest BCUT2D eigenvalue weighted by atomic mass is 35.5. The first-order valence-electron chi connectivity index (χ1n) is 11.2. The van der Waals surface area contributed by atoms with E-state index in [0.717, 1.165) is 47.8 Å². The summed E-state index contributed by atoms with van der Waals surface area (Å²) in [6.07, 6.45) is 5.45. The molecule has 1 aliphatic carbocycles. The number of carbonyl (C=O) groups excluding carboxylic acids is 1. The lowest BCUT2D eigenvalue weighted by Gasteiger charge is -2.21. The maximum absolute atomic E-state index is 12.7. The average Bonchev–Trinajstić information content (AvgIpc) is 3.21. The van der Waals surface area contributed by atoms with Crippen molar-refractivity contribution in [2.75, 3.05) is 0 Å². The molecule has 0 atom stereocenters. The fourth-order valence-electron chi connectivity index (χ4n) is 4.20. The van der Waals surface area contributed by atoms with Crippen molar-refractivity contribution in [2.45, 2.75) is 63.4 Å². The Bertz CT molecular complexity index is 1090. The summed E-state index contributed by atoms with van der Waals surface area (Å²) in [5.41, 5.74) is 4.49. The van der Waals surface area contributed by atoms with E-state index in [4.69, 9.17) is 11.6 Å². The number of nitrogens with one attached hydrogen (secondary N) is 1. The molecule has 0 radical (unpaired) electrons. The summed E-state index contributed by atoms with van der Waals surface area (Å²) in [5.74, 6) is 1.74. The Hall–Kier alpha value is -2.31. The molecule has 7 heteroatoms. The van der Waals surface area contributed by atoms with Crippen molar-refractivity contribution >= 4 is 29.3 Å². The number of amides is 1. The number of thioether (sulfide) groups is 1. The molecule has 1 N–H and O–H groups in total. The van der Waals surface area contributed by atoms with E-state index in [0.29, 0.717) is 17.4 Å².